The molecule has 0 spiro atoms. The van der Waals surface area contributed by atoms with Crippen molar-refractivity contribution in [3.63, 3.8) is 0 Å². The maximum Gasteiger partial charge on any atom is 0.333 e. The number of hydrogen-bond acceptors (Lipinski definition) is 4. The van der Waals surface area contributed by atoms with Crippen molar-refractivity contribution in [2.24, 2.45) is 22.7 Å². The first-order chi connectivity index (χ1) is 11.1. The minimum Gasteiger partial charge on any atom is -0.429 e. The summed E-state index contributed by atoms with van der Waals surface area (Å²) in [7, 11) is 0. The van der Waals surface area contributed by atoms with Crippen molar-refractivity contribution in [2.45, 2.75) is 71.7 Å². The molecule has 0 aromatic heterocycles. The van der Waals surface area contributed by atoms with E-state index in [1.54, 1.807) is 0 Å². The molecule has 0 saturated heterocycles. The Hall–Kier alpha value is -1.13. The molecule has 5 unspecified atom stereocenters. The smallest absolute Gasteiger partial charge is 0.333 e. The molecule has 4 heteroatoms. The van der Waals surface area contributed by atoms with Crippen molar-refractivity contribution in [1.29, 1.82) is 0 Å². The topological polar surface area (TPSA) is 66.8 Å². The van der Waals surface area contributed by atoms with Crippen LogP contribution in [0.25, 0.3) is 0 Å². The Morgan fingerprint density at radius 1 is 1.29 bits per heavy atom. The molecule has 2 fully saturated rings. The maximum atomic E-state index is 11.3. The molecule has 1 aliphatic heterocycles. The van der Waals surface area contributed by atoms with Crippen LogP contribution >= 0.6 is 0 Å². The van der Waals surface area contributed by atoms with Gasteiger partial charge in [-0.2, -0.15) is 0 Å². The third kappa shape index (κ3) is 2.84. The second-order valence-corrected chi connectivity index (χ2v) is 8.86. The lowest BCUT2D eigenvalue weighted by molar-refractivity contribution is -0.151. The number of hydrogen-bond donors (Lipinski definition) is 2. The normalized spacial score (nSPS) is 41.6. The van der Waals surface area contributed by atoms with Crippen molar-refractivity contribution in [1.82, 2.24) is 0 Å². The molecular formula is C20H30O4. The van der Waals surface area contributed by atoms with Crippen LogP contribution in [-0.2, 0) is 9.53 Å². The molecule has 0 radical (unpaired) electrons. The van der Waals surface area contributed by atoms with E-state index < -0.39 is 12.3 Å². The van der Waals surface area contributed by atoms with Gasteiger partial charge in [0.2, 0.25) is 6.29 Å². The van der Waals surface area contributed by atoms with Gasteiger partial charge in [-0.15, -0.1) is 0 Å². The molecular weight excluding hydrogens is 304 g/mol. The first kappa shape index (κ1) is 17.7. The van der Waals surface area contributed by atoms with E-state index in [0.717, 1.165) is 24.8 Å². The zero-order valence-corrected chi connectivity index (χ0v) is 15.0. The Kier molecular flexibility index (Phi) is 4.42. The summed E-state index contributed by atoms with van der Waals surface area (Å²) in [4.78, 5) is 11.3. The molecule has 24 heavy (non-hydrogen) atoms. The molecule has 0 amide bonds. The van der Waals surface area contributed by atoms with Gasteiger partial charge in [0, 0.05) is 11.6 Å². The fraction of sp³-hybridized carbons (Fsp3) is 0.750. The molecule has 0 aromatic rings. The van der Waals surface area contributed by atoms with Gasteiger partial charge in [-0.25, -0.2) is 4.79 Å². The van der Waals surface area contributed by atoms with Crippen LogP contribution in [0.5, 0.6) is 0 Å². The summed E-state index contributed by atoms with van der Waals surface area (Å²) in [5.74, 6) is 0.0992. The third-order valence-electron chi connectivity index (χ3n) is 6.80. The number of cyclic esters (lactones) is 1. The van der Waals surface area contributed by atoms with Crippen LogP contribution in [0.3, 0.4) is 0 Å². The largest absolute Gasteiger partial charge is 0.429 e. The highest BCUT2D eigenvalue weighted by Crippen LogP contribution is 2.61. The van der Waals surface area contributed by atoms with E-state index in [2.05, 4.69) is 27.4 Å². The van der Waals surface area contributed by atoms with E-state index in [4.69, 9.17) is 4.74 Å². The van der Waals surface area contributed by atoms with Gasteiger partial charge >= 0.3 is 5.97 Å². The number of rotatable bonds is 3. The lowest BCUT2D eigenvalue weighted by Crippen LogP contribution is -2.55. The van der Waals surface area contributed by atoms with Crippen molar-refractivity contribution in [3.8, 4) is 0 Å². The van der Waals surface area contributed by atoms with Gasteiger partial charge in [0.15, 0.2) is 0 Å². The molecule has 4 nitrogen and oxygen atoms in total. The summed E-state index contributed by atoms with van der Waals surface area (Å²) in [6.45, 7) is 11.1. The van der Waals surface area contributed by atoms with Crippen molar-refractivity contribution >= 4 is 5.97 Å². The monoisotopic (exact) mass is 334 g/mol. The zero-order chi connectivity index (χ0) is 17.7. The van der Waals surface area contributed by atoms with Crippen molar-refractivity contribution in [3.05, 3.63) is 23.8 Å². The van der Waals surface area contributed by atoms with Gasteiger partial charge in [-0.1, -0.05) is 39.3 Å². The van der Waals surface area contributed by atoms with Crippen LogP contribution in [0.4, 0.5) is 0 Å². The number of aliphatic hydroxyl groups is 2. The average molecular weight is 334 g/mol. The highest BCUT2D eigenvalue weighted by Gasteiger charge is 2.56. The van der Waals surface area contributed by atoms with Crippen LogP contribution < -0.4 is 0 Å². The molecule has 3 aliphatic rings. The van der Waals surface area contributed by atoms with E-state index in [-0.39, 0.29) is 22.9 Å². The van der Waals surface area contributed by atoms with Gasteiger partial charge in [-0.3, -0.25) is 0 Å². The minimum atomic E-state index is -1.09. The molecule has 2 N–H and O–H groups in total. The predicted molar refractivity (Wildman–Crippen MR) is 91.9 cm³/mol. The highest BCUT2D eigenvalue weighted by atomic mass is 16.6. The molecule has 2 aliphatic carbocycles. The number of aliphatic hydroxyl groups excluding tert-OH is 2. The second kappa shape index (κ2) is 5.99. The summed E-state index contributed by atoms with van der Waals surface area (Å²) in [5, 5.41) is 20.6. The number of carbonyl (C=O) groups excluding carboxylic acids is 1. The van der Waals surface area contributed by atoms with E-state index >= 15 is 0 Å². The standard InChI is InChI=1S/C20H30O4/c1-12-10-15(21)17-19(2,3)8-5-9-20(17,4)14(12)7-6-13-11-16(22)24-18(13)23/h11,14-15,17-18,21,23H,1,5-10H2,2-4H3. The molecule has 0 aromatic carbocycles. The first-order valence-corrected chi connectivity index (χ1v) is 9.10. The van der Waals surface area contributed by atoms with E-state index in [0.29, 0.717) is 24.3 Å². The number of fused-ring (bicyclic) bond motifs is 1. The molecule has 5 atom stereocenters. The highest BCUT2D eigenvalue weighted by molar-refractivity contribution is 5.85. The lowest BCUT2D eigenvalue weighted by atomic mass is 9.46. The van der Waals surface area contributed by atoms with Crippen LogP contribution in [0.15, 0.2) is 23.8 Å². The predicted octanol–water partition coefficient (Wildman–Crippen LogP) is 3.34. The summed E-state index contributed by atoms with van der Waals surface area (Å²) in [6.07, 6.45) is 5.55. The van der Waals surface area contributed by atoms with Crippen LogP contribution in [-0.4, -0.2) is 28.6 Å². The third-order valence-corrected chi connectivity index (χ3v) is 6.80. The molecule has 134 valence electrons. The summed E-state index contributed by atoms with van der Waals surface area (Å²) in [5.41, 5.74) is 1.91. The van der Waals surface area contributed by atoms with E-state index in [1.165, 1.54) is 12.5 Å². The Bertz CT molecular complexity index is 576. The average Bonchev–Trinajstić information content (AvgIpc) is 2.74. The summed E-state index contributed by atoms with van der Waals surface area (Å²) >= 11 is 0. The fourth-order valence-corrected chi connectivity index (χ4v) is 5.96. The summed E-state index contributed by atoms with van der Waals surface area (Å²) < 4.78 is 4.78. The quantitative estimate of drug-likeness (QED) is 0.614. The number of esters is 1. The molecule has 3 rings (SSSR count). The minimum absolute atomic E-state index is 0.0193. The van der Waals surface area contributed by atoms with Crippen LogP contribution in [0.1, 0.15) is 59.3 Å². The summed E-state index contributed by atoms with van der Waals surface area (Å²) in [6, 6.07) is 0. The molecule has 1 heterocycles. The SMILES string of the molecule is C=C1CC(O)C2C(C)(C)CCCC2(C)C1CCC1=CC(=O)OC1O. The Morgan fingerprint density at radius 2 is 2.00 bits per heavy atom. The fourth-order valence-electron chi connectivity index (χ4n) is 5.96. The van der Waals surface area contributed by atoms with Gasteiger partial charge in [-0.05, 0) is 54.8 Å². The Labute approximate surface area is 144 Å². The van der Waals surface area contributed by atoms with Gasteiger partial charge in [0.1, 0.15) is 0 Å². The van der Waals surface area contributed by atoms with Crippen LogP contribution in [0.2, 0.25) is 0 Å². The second-order valence-electron chi connectivity index (χ2n) is 8.86. The number of ether oxygens (including phenoxy) is 1. The van der Waals surface area contributed by atoms with Crippen LogP contribution in [0, 0.1) is 22.7 Å². The van der Waals surface area contributed by atoms with E-state index in [1.807, 2.05) is 0 Å². The Morgan fingerprint density at radius 3 is 2.62 bits per heavy atom. The maximum absolute atomic E-state index is 11.3. The van der Waals surface area contributed by atoms with Gasteiger partial charge in [0.05, 0.1) is 6.10 Å². The van der Waals surface area contributed by atoms with Gasteiger partial charge in [0.25, 0.3) is 0 Å². The molecule has 0 bridgehead atoms. The van der Waals surface area contributed by atoms with Crippen molar-refractivity contribution < 1.29 is 19.7 Å². The van der Waals surface area contributed by atoms with Gasteiger partial charge < -0.3 is 14.9 Å². The first-order valence-electron chi connectivity index (χ1n) is 9.10. The zero-order valence-electron chi connectivity index (χ0n) is 15.0. The van der Waals surface area contributed by atoms with E-state index in [9.17, 15) is 15.0 Å². The van der Waals surface area contributed by atoms with Crippen molar-refractivity contribution in [2.75, 3.05) is 0 Å². The molecule has 2 saturated carbocycles. The number of carbonyl (C=O) groups is 1. The Balaban J connectivity index is 1.82. The lowest BCUT2D eigenvalue weighted by Gasteiger charge is -2.59.